The van der Waals surface area contributed by atoms with E-state index in [9.17, 15) is 4.79 Å². The number of anilines is 1. The van der Waals surface area contributed by atoms with Gasteiger partial charge in [0.15, 0.2) is 0 Å². The molecule has 0 unspecified atom stereocenters. The van der Waals surface area contributed by atoms with Gasteiger partial charge < -0.3 is 4.74 Å². The average Bonchev–Trinajstić information content (AvgIpc) is 2.76. The molecule has 6 heteroatoms. The van der Waals surface area contributed by atoms with E-state index >= 15 is 0 Å². The van der Waals surface area contributed by atoms with Gasteiger partial charge in [-0.2, -0.15) is 4.98 Å². The van der Waals surface area contributed by atoms with E-state index in [2.05, 4.69) is 20.5 Å². The van der Waals surface area contributed by atoms with Crippen LogP contribution >= 0.6 is 0 Å². The normalized spacial score (nSPS) is 10.1. The molecule has 0 bridgehead atoms. The number of carbonyl (C=O) groups is 1. The molecule has 0 aliphatic carbocycles. The molecule has 1 amide bonds. The zero-order valence-electron chi connectivity index (χ0n) is 10.2. The van der Waals surface area contributed by atoms with Crippen LogP contribution in [0.2, 0.25) is 0 Å². The van der Waals surface area contributed by atoms with E-state index in [0.29, 0.717) is 23.7 Å². The van der Waals surface area contributed by atoms with Crippen molar-refractivity contribution in [2.24, 2.45) is 0 Å². The summed E-state index contributed by atoms with van der Waals surface area (Å²) in [6.07, 6.45) is 0. The van der Waals surface area contributed by atoms with Crippen LogP contribution in [0.25, 0.3) is 0 Å². The van der Waals surface area contributed by atoms with Gasteiger partial charge in [0.05, 0.1) is 12.2 Å². The second-order valence-corrected chi connectivity index (χ2v) is 3.63. The van der Waals surface area contributed by atoms with Crippen LogP contribution in [0.3, 0.4) is 0 Å². The largest absolute Gasteiger partial charge is 0.493 e. The SMILES string of the molecule is CCOc1ccccc1C(=O)Nc1n[nH]c(C)n1. The summed E-state index contributed by atoms with van der Waals surface area (Å²) in [6.45, 7) is 4.13. The van der Waals surface area contributed by atoms with Crippen LogP contribution in [0.5, 0.6) is 5.75 Å². The van der Waals surface area contributed by atoms with Gasteiger partial charge in [0.25, 0.3) is 5.91 Å². The molecular formula is C12H14N4O2. The van der Waals surface area contributed by atoms with Gasteiger partial charge in [-0.3, -0.25) is 15.2 Å². The summed E-state index contributed by atoms with van der Waals surface area (Å²) in [7, 11) is 0. The first-order valence-electron chi connectivity index (χ1n) is 5.63. The Bertz CT molecular complexity index is 551. The molecule has 0 saturated heterocycles. The van der Waals surface area contributed by atoms with Gasteiger partial charge in [-0.25, -0.2) is 0 Å². The molecule has 6 nitrogen and oxygen atoms in total. The Morgan fingerprint density at radius 3 is 2.89 bits per heavy atom. The van der Waals surface area contributed by atoms with Crippen LogP contribution in [0.4, 0.5) is 5.95 Å². The molecule has 0 saturated carbocycles. The number of nitrogens with zero attached hydrogens (tertiary/aromatic N) is 2. The fraction of sp³-hybridized carbons (Fsp3) is 0.250. The maximum atomic E-state index is 12.0. The van der Waals surface area contributed by atoms with Gasteiger partial charge in [0.2, 0.25) is 5.95 Å². The number of H-pyrrole nitrogens is 1. The summed E-state index contributed by atoms with van der Waals surface area (Å²) in [4.78, 5) is 16.0. The van der Waals surface area contributed by atoms with Crippen molar-refractivity contribution in [1.29, 1.82) is 0 Å². The third kappa shape index (κ3) is 2.65. The lowest BCUT2D eigenvalue weighted by Crippen LogP contribution is -2.14. The van der Waals surface area contributed by atoms with Crippen molar-refractivity contribution < 1.29 is 9.53 Å². The lowest BCUT2D eigenvalue weighted by molar-refractivity contribution is 0.102. The summed E-state index contributed by atoms with van der Waals surface area (Å²) in [5.41, 5.74) is 0.460. The monoisotopic (exact) mass is 246 g/mol. The summed E-state index contributed by atoms with van der Waals surface area (Å²) in [5, 5.41) is 9.11. The minimum absolute atomic E-state index is 0.254. The van der Waals surface area contributed by atoms with Crippen molar-refractivity contribution >= 4 is 11.9 Å². The maximum Gasteiger partial charge on any atom is 0.261 e. The highest BCUT2D eigenvalue weighted by Crippen LogP contribution is 2.18. The van der Waals surface area contributed by atoms with Gasteiger partial charge in [0, 0.05) is 0 Å². The first-order valence-corrected chi connectivity index (χ1v) is 5.63. The molecule has 1 heterocycles. The van der Waals surface area contributed by atoms with Gasteiger partial charge in [-0.15, -0.1) is 5.10 Å². The molecule has 0 aliphatic rings. The number of benzene rings is 1. The van der Waals surface area contributed by atoms with Crippen molar-refractivity contribution in [3.05, 3.63) is 35.7 Å². The molecule has 2 N–H and O–H groups in total. The topological polar surface area (TPSA) is 79.9 Å². The number of aromatic amines is 1. The molecule has 0 aliphatic heterocycles. The van der Waals surface area contributed by atoms with E-state index < -0.39 is 0 Å². The summed E-state index contributed by atoms with van der Waals surface area (Å²) in [6, 6.07) is 7.04. The lowest BCUT2D eigenvalue weighted by atomic mass is 10.2. The third-order valence-electron chi connectivity index (χ3n) is 2.25. The van der Waals surface area contributed by atoms with Gasteiger partial charge >= 0.3 is 0 Å². The molecule has 1 aromatic heterocycles. The van der Waals surface area contributed by atoms with Gasteiger partial charge in [-0.05, 0) is 26.0 Å². The Hall–Kier alpha value is -2.37. The standard InChI is InChI=1S/C12H14N4O2/c1-3-18-10-7-5-4-6-9(10)11(17)14-12-13-8(2)15-16-12/h4-7H,3H2,1-2H3,(H2,13,14,15,16,17). The van der Waals surface area contributed by atoms with E-state index in [1.54, 1.807) is 25.1 Å². The highest BCUT2D eigenvalue weighted by molar-refractivity contribution is 6.05. The summed E-state index contributed by atoms with van der Waals surface area (Å²) in [5.74, 6) is 1.15. The van der Waals surface area contributed by atoms with Crippen molar-refractivity contribution in [3.8, 4) is 5.75 Å². The highest BCUT2D eigenvalue weighted by atomic mass is 16.5. The predicted molar refractivity (Wildman–Crippen MR) is 66.7 cm³/mol. The second kappa shape index (κ2) is 5.31. The van der Waals surface area contributed by atoms with Gasteiger partial charge in [0.1, 0.15) is 11.6 Å². The second-order valence-electron chi connectivity index (χ2n) is 3.63. The number of para-hydroxylation sites is 1. The van der Waals surface area contributed by atoms with Gasteiger partial charge in [-0.1, -0.05) is 12.1 Å². The lowest BCUT2D eigenvalue weighted by Gasteiger charge is -2.08. The van der Waals surface area contributed by atoms with Crippen LogP contribution in [0.1, 0.15) is 23.1 Å². The van der Waals surface area contributed by atoms with Crippen molar-refractivity contribution in [2.45, 2.75) is 13.8 Å². The number of rotatable bonds is 4. The number of amides is 1. The summed E-state index contributed by atoms with van der Waals surface area (Å²) < 4.78 is 5.39. The fourth-order valence-electron chi connectivity index (χ4n) is 1.50. The number of aromatic nitrogens is 3. The Morgan fingerprint density at radius 2 is 2.22 bits per heavy atom. The average molecular weight is 246 g/mol. The molecular weight excluding hydrogens is 232 g/mol. The number of hydrogen-bond donors (Lipinski definition) is 2. The van der Waals surface area contributed by atoms with E-state index in [1.807, 2.05) is 13.0 Å². The number of hydrogen-bond acceptors (Lipinski definition) is 4. The molecule has 1 aromatic carbocycles. The minimum Gasteiger partial charge on any atom is -0.493 e. The summed E-state index contributed by atoms with van der Waals surface area (Å²) >= 11 is 0. The molecule has 94 valence electrons. The molecule has 0 fully saturated rings. The maximum absolute atomic E-state index is 12.0. The Kier molecular flexibility index (Phi) is 3.57. The van der Waals surface area contributed by atoms with Crippen LogP contribution in [0, 0.1) is 6.92 Å². The number of ether oxygens (including phenoxy) is 1. The fourth-order valence-corrected chi connectivity index (χ4v) is 1.50. The van der Waals surface area contributed by atoms with Crippen LogP contribution in [-0.4, -0.2) is 27.7 Å². The smallest absolute Gasteiger partial charge is 0.261 e. The Morgan fingerprint density at radius 1 is 1.44 bits per heavy atom. The van der Waals surface area contributed by atoms with E-state index in [1.165, 1.54) is 0 Å². The van der Waals surface area contributed by atoms with Crippen molar-refractivity contribution in [3.63, 3.8) is 0 Å². The molecule has 0 spiro atoms. The van der Waals surface area contributed by atoms with Crippen molar-refractivity contribution in [2.75, 3.05) is 11.9 Å². The van der Waals surface area contributed by atoms with E-state index in [0.717, 1.165) is 0 Å². The molecule has 0 radical (unpaired) electrons. The third-order valence-corrected chi connectivity index (χ3v) is 2.25. The van der Waals surface area contributed by atoms with Crippen LogP contribution < -0.4 is 10.1 Å². The number of nitrogens with one attached hydrogen (secondary N) is 2. The zero-order valence-corrected chi connectivity index (χ0v) is 10.2. The Labute approximate surface area is 104 Å². The Balaban J connectivity index is 2.18. The molecule has 0 atom stereocenters. The number of carbonyl (C=O) groups excluding carboxylic acids is 1. The van der Waals surface area contributed by atoms with Crippen molar-refractivity contribution in [1.82, 2.24) is 15.2 Å². The van der Waals surface area contributed by atoms with E-state index in [4.69, 9.17) is 4.74 Å². The number of aryl methyl sites for hydroxylation is 1. The van der Waals surface area contributed by atoms with E-state index in [-0.39, 0.29) is 11.9 Å². The van der Waals surface area contributed by atoms with Crippen LogP contribution in [0.15, 0.2) is 24.3 Å². The molecule has 2 rings (SSSR count). The predicted octanol–water partition coefficient (Wildman–Crippen LogP) is 1.76. The minimum atomic E-state index is -0.293. The molecule has 18 heavy (non-hydrogen) atoms. The molecule has 2 aromatic rings. The first-order chi connectivity index (χ1) is 8.70. The van der Waals surface area contributed by atoms with Crippen LogP contribution in [-0.2, 0) is 0 Å². The quantitative estimate of drug-likeness (QED) is 0.861. The zero-order chi connectivity index (χ0) is 13.0. The highest BCUT2D eigenvalue weighted by Gasteiger charge is 2.13. The first kappa shape index (κ1) is 12.1.